The largest absolute Gasteiger partial charge is 0.157 e. The molecular weight excluding hydrogens is 176 g/mol. The number of aryl methyl sites for hydroxylation is 1. The molecule has 1 aliphatic rings. The molecule has 1 aromatic carbocycles. The lowest BCUT2D eigenvalue weighted by molar-refractivity contribution is 1.23. The van der Waals surface area contributed by atoms with Crippen LogP contribution in [0.2, 0.25) is 0 Å². The summed E-state index contributed by atoms with van der Waals surface area (Å²) in [5.74, 6) is 2.46. The third kappa shape index (κ3) is 2.16. The summed E-state index contributed by atoms with van der Waals surface area (Å²) in [6.07, 6.45) is 3.59. The molecule has 0 fully saturated rings. The molecule has 0 unspecified atom stereocenters. The zero-order chi connectivity index (χ0) is 9.10. The molecule has 1 heteroatoms. The van der Waals surface area contributed by atoms with E-state index in [4.69, 9.17) is 0 Å². The first-order valence-corrected chi connectivity index (χ1v) is 5.85. The van der Waals surface area contributed by atoms with Gasteiger partial charge in [0.25, 0.3) is 0 Å². The average molecular weight is 190 g/mol. The van der Waals surface area contributed by atoms with Gasteiger partial charge in [-0.05, 0) is 30.2 Å². The third-order valence-electron chi connectivity index (χ3n) is 2.35. The van der Waals surface area contributed by atoms with Gasteiger partial charge in [0, 0.05) is 5.75 Å². The molecule has 0 aromatic heterocycles. The van der Waals surface area contributed by atoms with E-state index in [-0.39, 0.29) is 0 Å². The Hall–Kier alpha value is -0.690. The first-order valence-electron chi connectivity index (χ1n) is 4.70. The van der Waals surface area contributed by atoms with Gasteiger partial charge in [-0.25, -0.2) is 0 Å². The Balaban J connectivity index is 2.29. The van der Waals surface area contributed by atoms with Gasteiger partial charge in [0.1, 0.15) is 0 Å². The van der Waals surface area contributed by atoms with Crippen molar-refractivity contribution in [2.24, 2.45) is 0 Å². The van der Waals surface area contributed by atoms with Gasteiger partial charge in [-0.1, -0.05) is 35.9 Å². The Morgan fingerprint density at radius 1 is 1.31 bits per heavy atom. The van der Waals surface area contributed by atoms with Crippen molar-refractivity contribution in [3.63, 3.8) is 0 Å². The number of allylic oxidation sites excluding steroid dienone is 1. The zero-order valence-electron chi connectivity index (χ0n) is 7.92. The van der Waals surface area contributed by atoms with Crippen molar-refractivity contribution in [2.75, 3.05) is 11.5 Å². The number of hydrogen-bond donors (Lipinski definition) is 0. The van der Waals surface area contributed by atoms with Crippen LogP contribution >= 0.6 is 11.8 Å². The predicted molar refractivity (Wildman–Crippen MR) is 61.1 cm³/mol. The van der Waals surface area contributed by atoms with E-state index in [2.05, 4.69) is 37.3 Å². The third-order valence-corrected chi connectivity index (χ3v) is 3.25. The first kappa shape index (κ1) is 8.89. The molecule has 0 N–H and O–H groups in total. The average Bonchev–Trinajstić information content (AvgIpc) is 2.19. The molecular formula is C12H14S. The normalized spacial score (nSPS) is 16.8. The molecule has 0 bridgehead atoms. The minimum absolute atomic E-state index is 1.18. The lowest BCUT2D eigenvalue weighted by Crippen LogP contribution is -1.95. The Morgan fingerprint density at radius 3 is 2.92 bits per heavy atom. The Morgan fingerprint density at radius 2 is 2.23 bits per heavy atom. The van der Waals surface area contributed by atoms with Crippen LogP contribution in [-0.4, -0.2) is 11.5 Å². The van der Waals surface area contributed by atoms with Crippen molar-refractivity contribution in [1.29, 1.82) is 0 Å². The van der Waals surface area contributed by atoms with E-state index >= 15 is 0 Å². The van der Waals surface area contributed by atoms with Gasteiger partial charge < -0.3 is 0 Å². The van der Waals surface area contributed by atoms with Crippen LogP contribution in [0.5, 0.6) is 0 Å². The predicted octanol–water partition coefficient (Wildman–Crippen LogP) is 3.52. The molecule has 1 aromatic rings. The van der Waals surface area contributed by atoms with Crippen LogP contribution in [0.4, 0.5) is 0 Å². The van der Waals surface area contributed by atoms with Crippen LogP contribution in [0.1, 0.15) is 17.5 Å². The van der Waals surface area contributed by atoms with Gasteiger partial charge in [-0.3, -0.25) is 0 Å². The number of benzene rings is 1. The Kier molecular flexibility index (Phi) is 2.74. The van der Waals surface area contributed by atoms with Crippen LogP contribution in [0, 0.1) is 6.92 Å². The molecule has 68 valence electrons. The van der Waals surface area contributed by atoms with Crippen LogP contribution in [0.15, 0.2) is 30.3 Å². The van der Waals surface area contributed by atoms with Crippen molar-refractivity contribution in [2.45, 2.75) is 13.3 Å². The Labute approximate surface area is 84.0 Å². The quantitative estimate of drug-likeness (QED) is 0.653. The summed E-state index contributed by atoms with van der Waals surface area (Å²) < 4.78 is 0. The van der Waals surface area contributed by atoms with E-state index in [0.29, 0.717) is 0 Å². The SMILES string of the molecule is Cc1cccc(C2=CCSCC2)c1. The topological polar surface area (TPSA) is 0 Å². The summed E-state index contributed by atoms with van der Waals surface area (Å²) in [5, 5.41) is 0. The van der Waals surface area contributed by atoms with E-state index in [1.54, 1.807) is 0 Å². The number of thioether (sulfide) groups is 1. The second kappa shape index (κ2) is 4.01. The van der Waals surface area contributed by atoms with Crippen LogP contribution in [-0.2, 0) is 0 Å². The minimum atomic E-state index is 1.18. The van der Waals surface area contributed by atoms with Gasteiger partial charge >= 0.3 is 0 Å². The van der Waals surface area contributed by atoms with Crippen molar-refractivity contribution in [1.82, 2.24) is 0 Å². The second-order valence-electron chi connectivity index (χ2n) is 3.42. The molecule has 0 saturated heterocycles. The van der Waals surface area contributed by atoms with Crippen LogP contribution in [0.25, 0.3) is 5.57 Å². The highest BCUT2D eigenvalue weighted by Gasteiger charge is 2.05. The molecule has 1 aliphatic heterocycles. The van der Waals surface area contributed by atoms with E-state index in [1.807, 2.05) is 11.8 Å². The highest BCUT2D eigenvalue weighted by atomic mass is 32.2. The number of rotatable bonds is 1. The Bertz CT molecular complexity index is 326. The number of hydrogen-bond acceptors (Lipinski definition) is 1. The maximum atomic E-state index is 2.36. The monoisotopic (exact) mass is 190 g/mol. The van der Waals surface area contributed by atoms with Gasteiger partial charge in [0.15, 0.2) is 0 Å². The fraction of sp³-hybridized carbons (Fsp3) is 0.333. The van der Waals surface area contributed by atoms with Crippen LogP contribution in [0.3, 0.4) is 0 Å². The lowest BCUT2D eigenvalue weighted by atomic mass is 10.0. The summed E-state index contributed by atoms with van der Waals surface area (Å²) in [6, 6.07) is 8.80. The highest BCUT2D eigenvalue weighted by molar-refractivity contribution is 7.99. The second-order valence-corrected chi connectivity index (χ2v) is 4.57. The van der Waals surface area contributed by atoms with Gasteiger partial charge in [-0.15, -0.1) is 0 Å². The maximum Gasteiger partial charge on any atom is 0.0119 e. The molecule has 0 aliphatic carbocycles. The van der Waals surface area contributed by atoms with E-state index in [0.717, 1.165) is 0 Å². The fourth-order valence-electron chi connectivity index (χ4n) is 1.63. The summed E-state index contributed by atoms with van der Waals surface area (Å²) in [5.41, 5.74) is 4.30. The molecule has 0 spiro atoms. The van der Waals surface area contributed by atoms with E-state index in [1.165, 1.54) is 34.6 Å². The fourth-order valence-corrected chi connectivity index (χ4v) is 2.48. The standard InChI is InChI=1S/C12H14S/c1-10-3-2-4-12(9-10)11-5-7-13-8-6-11/h2-5,9H,6-8H2,1H3. The van der Waals surface area contributed by atoms with Crippen molar-refractivity contribution < 1.29 is 0 Å². The van der Waals surface area contributed by atoms with Crippen molar-refractivity contribution in [3.8, 4) is 0 Å². The zero-order valence-corrected chi connectivity index (χ0v) is 8.73. The minimum Gasteiger partial charge on any atom is -0.157 e. The smallest absolute Gasteiger partial charge is 0.0119 e. The molecule has 1 heterocycles. The highest BCUT2D eigenvalue weighted by Crippen LogP contribution is 2.25. The van der Waals surface area contributed by atoms with E-state index in [9.17, 15) is 0 Å². The first-order chi connectivity index (χ1) is 6.36. The molecule has 13 heavy (non-hydrogen) atoms. The summed E-state index contributed by atoms with van der Waals surface area (Å²) in [4.78, 5) is 0. The van der Waals surface area contributed by atoms with Gasteiger partial charge in [-0.2, -0.15) is 11.8 Å². The van der Waals surface area contributed by atoms with Crippen LogP contribution < -0.4 is 0 Å². The van der Waals surface area contributed by atoms with Gasteiger partial charge in [0.2, 0.25) is 0 Å². The molecule has 0 amide bonds. The van der Waals surface area contributed by atoms with Crippen molar-refractivity contribution in [3.05, 3.63) is 41.5 Å². The summed E-state index contributed by atoms with van der Waals surface area (Å²) >= 11 is 2.02. The summed E-state index contributed by atoms with van der Waals surface area (Å²) in [7, 11) is 0. The van der Waals surface area contributed by atoms with Crippen molar-refractivity contribution >= 4 is 17.3 Å². The lowest BCUT2D eigenvalue weighted by Gasteiger charge is -2.12. The molecule has 0 nitrogen and oxygen atoms in total. The molecule has 0 saturated carbocycles. The summed E-state index contributed by atoms with van der Waals surface area (Å²) in [6.45, 7) is 2.15. The maximum absolute atomic E-state index is 2.36. The molecule has 0 radical (unpaired) electrons. The van der Waals surface area contributed by atoms with E-state index < -0.39 is 0 Å². The molecule has 2 rings (SSSR count). The molecule has 0 atom stereocenters. The van der Waals surface area contributed by atoms with Gasteiger partial charge in [0.05, 0.1) is 0 Å².